The van der Waals surface area contributed by atoms with Crippen molar-refractivity contribution in [1.82, 2.24) is 0 Å². The summed E-state index contributed by atoms with van der Waals surface area (Å²) >= 11 is 3.59. The van der Waals surface area contributed by atoms with Crippen molar-refractivity contribution in [2.45, 2.75) is 61.6 Å². The van der Waals surface area contributed by atoms with E-state index in [0.717, 1.165) is 66.4 Å². The molecule has 0 spiro atoms. The van der Waals surface area contributed by atoms with Crippen LogP contribution in [0, 0.1) is 6.92 Å². The minimum atomic E-state index is -0.589. The fourth-order valence-electron chi connectivity index (χ4n) is 7.21. The first kappa shape index (κ1) is 48.7. The van der Waals surface area contributed by atoms with Gasteiger partial charge in [0.1, 0.15) is 39.2 Å². The summed E-state index contributed by atoms with van der Waals surface area (Å²) < 4.78 is 18.0. The normalized spacial score (nSPS) is 10.8. The molecule has 9 nitrogen and oxygen atoms in total. The minimum Gasteiger partial charge on any atom is -1.00 e. The molecular weight excluding hydrogens is 936 g/mol. The van der Waals surface area contributed by atoms with Gasteiger partial charge in [-0.05, 0) is 96.1 Å². The van der Waals surface area contributed by atoms with Crippen molar-refractivity contribution < 1.29 is 56.7 Å². The first-order valence-electron chi connectivity index (χ1n) is 20.2. The number of benzene rings is 4. The molecule has 0 aliphatic carbocycles. The molecule has 0 radical (unpaired) electrons. The molecule has 0 N–H and O–H groups in total. The zero-order valence-electron chi connectivity index (χ0n) is 35.6. The van der Waals surface area contributed by atoms with Crippen LogP contribution in [0.15, 0.2) is 115 Å². The van der Waals surface area contributed by atoms with E-state index in [9.17, 15) is 14.4 Å². The Kier molecular flexibility index (Phi) is 18.2. The molecule has 0 bridgehead atoms. The Bertz CT molecular complexity index is 2870. The van der Waals surface area contributed by atoms with Crippen molar-refractivity contribution in [3.05, 3.63) is 139 Å². The number of halogens is 2. The van der Waals surface area contributed by atoms with E-state index in [-0.39, 0.29) is 45.2 Å². The van der Waals surface area contributed by atoms with Crippen LogP contribution in [0.1, 0.15) is 67.5 Å². The molecule has 4 aromatic carbocycles. The van der Waals surface area contributed by atoms with Gasteiger partial charge < -0.3 is 52.6 Å². The third-order valence-corrected chi connectivity index (χ3v) is 12.6. The van der Waals surface area contributed by atoms with Crippen LogP contribution in [-0.4, -0.2) is 32.5 Å². The Morgan fingerprint density at radius 1 is 0.574 bits per heavy atom. The van der Waals surface area contributed by atoms with Gasteiger partial charge in [-0.25, -0.2) is 9.59 Å². The summed E-state index contributed by atoms with van der Waals surface area (Å²) in [6.07, 6.45) is 4.39. The van der Waals surface area contributed by atoms with Gasteiger partial charge in [0.15, 0.2) is 6.29 Å². The number of para-hydroxylation sites is 2. The van der Waals surface area contributed by atoms with Gasteiger partial charge >= 0.3 is 11.3 Å². The van der Waals surface area contributed by atoms with Gasteiger partial charge in [0.25, 0.3) is 5.01 Å². The number of aryl methyl sites for hydroxylation is 3. The van der Waals surface area contributed by atoms with E-state index in [2.05, 4.69) is 122 Å². The first-order chi connectivity index (χ1) is 28.7. The Morgan fingerprint density at radius 3 is 1.52 bits per heavy atom. The quantitative estimate of drug-likeness (QED) is 0.109. The van der Waals surface area contributed by atoms with Gasteiger partial charge in [0.05, 0.1) is 5.56 Å². The molecule has 4 heterocycles. The van der Waals surface area contributed by atoms with Crippen molar-refractivity contribution >= 4 is 94.9 Å². The highest BCUT2D eigenvalue weighted by atomic mass is 79.9. The molecule has 0 fully saturated rings. The molecule has 0 saturated heterocycles. The number of anilines is 2. The van der Waals surface area contributed by atoms with Gasteiger partial charge in [0.2, 0.25) is 16.0 Å². The van der Waals surface area contributed by atoms with E-state index in [1.807, 2.05) is 59.9 Å². The van der Waals surface area contributed by atoms with Crippen LogP contribution < -0.4 is 64.1 Å². The van der Waals surface area contributed by atoms with Gasteiger partial charge in [-0.1, -0.05) is 46.9 Å². The lowest BCUT2D eigenvalue weighted by Gasteiger charge is -2.20. The second-order valence-electron chi connectivity index (χ2n) is 13.7. The number of carbonyl (C=O) groups excluding carboxylic acids is 1. The van der Waals surface area contributed by atoms with Crippen molar-refractivity contribution in [3.8, 4) is 0 Å². The van der Waals surface area contributed by atoms with Crippen LogP contribution >= 0.6 is 22.7 Å². The van der Waals surface area contributed by atoms with Gasteiger partial charge in [-0.2, -0.15) is 9.13 Å². The van der Waals surface area contributed by atoms with Crippen LogP contribution in [-0.2, 0) is 13.1 Å². The highest BCUT2D eigenvalue weighted by Gasteiger charge is 2.17. The van der Waals surface area contributed by atoms with Crippen molar-refractivity contribution in [3.63, 3.8) is 0 Å². The maximum atomic E-state index is 12.6. The number of aldehydes is 1. The van der Waals surface area contributed by atoms with E-state index < -0.39 is 5.63 Å². The van der Waals surface area contributed by atoms with Gasteiger partial charge in [-0.3, -0.25) is 4.79 Å². The average molecular weight is 989 g/mol. The SMILES string of the molecule is CCN(CC)c1ccc2cc(/C=C/c3sc4ccccc4[n+]3CC)c(=O)oc2c1.CCN(CC)c1ccc2cc(C=O)c(=O)oc2c1.CC[n+]1c(C)sc2ccccc21.[Br-].[Br-]. The second-order valence-corrected chi connectivity index (χ2v) is 16.0. The number of hydrogen-bond donors (Lipinski definition) is 0. The lowest BCUT2D eigenvalue weighted by molar-refractivity contribution is -0.669. The predicted molar refractivity (Wildman–Crippen MR) is 247 cm³/mol. The fourth-order valence-corrected chi connectivity index (χ4v) is 9.42. The number of nitrogens with zero attached hydrogens (tertiary/aromatic N) is 4. The minimum absolute atomic E-state index is 0. The molecule has 61 heavy (non-hydrogen) atoms. The summed E-state index contributed by atoms with van der Waals surface area (Å²) in [5, 5.41) is 4.19. The molecule has 4 aromatic heterocycles. The van der Waals surface area contributed by atoms with Crippen LogP contribution in [0.5, 0.6) is 0 Å². The lowest BCUT2D eigenvalue weighted by Crippen LogP contribution is -3.00. The Balaban J connectivity index is 0.000000219. The third-order valence-electron chi connectivity index (χ3n) is 10.3. The molecule has 13 heteroatoms. The summed E-state index contributed by atoms with van der Waals surface area (Å²) in [7, 11) is 0. The highest BCUT2D eigenvalue weighted by molar-refractivity contribution is 7.19. The van der Waals surface area contributed by atoms with E-state index in [4.69, 9.17) is 8.83 Å². The monoisotopic (exact) mass is 986 g/mol. The molecule has 320 valence electrons. The molecule has 0 aliphatic rings. The number of thiazole rings is 2. The highest BCUT2D eigenvalue weighted by Crippen LogP contribution is 2.25. The number of rotatable bonds is 11. The van der Waals surface area contributed by atoms with Crippen LogP contribution in [0.4, 0.5) is 11.4 Å². The smallest absolute Gasteiger partial charge is 0.346 e. The molecule has 0 unspecified atom stereocenters. The van der Waals surface area contributed by atoms with Crippen molar-refractivity contribution in [2.24, 2.45) is 0 Å². The van der Waals surface area contributed by atoms with Gasteiger partial charge in [0, 0.05) is 85.6 Å². The van der Waals surface area contributed by atoms with Crippen LogP contribution in [0.3, 0.4) is 0 Å². The molecule has 8 rings (SSSR count). The second kappa shape index (κ2) is 22.8. The maximum Gasteiger partial charge on any atom is 0.346 e. The van der Waals surface area contributed by atoms with Crippen LogP contribution in [0.2, 0.25) is 0 Å². The molecule has 0 saturated carbocycles. The molecular formula is C48H52Br2N4O5S2. The van der Waals surface area contributed by atoms with E-state index >= 15 is 0 Å². The topological polar surface area (TPSA) is 91.7 Å². The Morgan fingerprint density at radius 2 is 1.03 bits per heavy atom. The fraction of sp³-hybridized carbons (Fsp3) is 0.271. The Labute approximate surface area is 385 Å². The molecule has 0 amide bonds. The molecule has 0 atom stereocenters. The maximum absolute atomic E-state index is 12.6. The van der Waals surface area contributed by atoms with E-state index in [1.54, 1.807) is 17.4 Å². The molecule has 8 aromatic rings. The summed E-state index contributed by atoms with van der Waals surface area (Å²) in [4.78, 5) is 39.1. The number of aromatic nitrogens is 2. The Hall–Kier alpha value is -4.95. The zero-order valence-corrected chi connectivity index (χ0v) is 40.4. The summed E-state index contributed by atoms with van der Waals surface area (Å²) in [6.45, 7) is 20.4. The van der Waals surface area contributed by atoms with E-state index in [0.29, 0.717) is 23.0 Å². The van der Waals surface area contributed by atoms with Gasteiger partial charge in [-0.15, -0.1) is 0 Å². The van der Waals surface area contributed by atoms with Crippen LogP contribution in [0.25, 0.3) is 54.5 Å². The zero-order chi connectivity index (χ0) is 42.1. The first-order valence-corrected chi connectivity index (χ1v) is 21.9. The van der Waals surface area contributed by atoms with Crippen molar-refractivity contribution in [2.75, 3.05) is 36.0 Å². The molecule has 0 aliphatic heterocycles. The van der Waals surface area contributed by atoms with Crippen molar-refractivity contribution in [1.29, 1.82) is 0 Å². The predicted octanol–water partition coefficient (Wildman–Crippen LogP) is 4.31. The number of carbonyl (C=O) groups is 1. The summed E-state index contributed by atoms with van der Waals surface area (Å²) in [6, 6.07) is 32.1. The summed E-state index contributed by atoms with van der Waals surface area (Å²) in [5.74, 6) is 0. The standard InChI is InChI=1S/C24H25N2O2S.C14H15NO3.C10H12NS.2BrH/c1-4-25(5-2)19-13-11-17-15-18(24(27)28-21(17)16-19)12-14-23-26(6-3)20-9-7-8-10-22(20)29-23;1-3-15(4-2)12-6-5-10-7-11(9-16)14(17)18-13(10)8-12;1-3-11-8(2)12-10-7-5-4-6-9(10)11;;/h7-16H,4-6H2,1-3H3;5-9H,3-4H2,1-2H3;4-7H,3H2,1-2H3;2*1H/q+1;;+1;;/p-2. The summed E-state index contributed by atoms with van der Waals surface area (Å²) in [5.41, 5.74) is 5.52. The number of fused-ring (bicyclic) bond motifs is 4. The third kappa shape index (κ3) is 11.1. The lowest BCUT2D eigenvalue weighted by atomic mass is 10.1. The largest absolute Gasteiger partial charge is 1.00 e. The number of hydrogen-bond acceptors (Lipinski definition) is 9. The average Bonchev–Trinajstić information content (AvgIpc) is 3.79. The van der Waals surface area contributed by atoms with E-state index in [1.165, 1.54) is 25.4 Å².